The molecule has 0 fully saturated rings. The fourth-order valence-corrected chi connectivity index (χ4v) is 2.68. The Morgan fingerprint density at radius 3 is 2.46 bits per heavy atom. The number of amides is 2. The van der Waals surface area contributed by atoms with Crippen LogP contribution in [0.15, 0.2) is 46.9 Å². The van der Waals surface area contributed by atoms with Gasteiger partial charge in [0.05, 0.1) is 13.7 Å². The van der Waals surface area contributed by atoms with Gasteiger partial charge in [-0.25, -0.2) is 0 Å². The lowest BCUT2D eigenvalue weighted by Crippen LogP contribution is -2.35. The number of hydrogen-bond acceptors (Lipinski definition) is 4. The second-order valence-corrected chi connectivity index (χ2v) is 6.70. The van der Waals surface area contributed by atoms with Gasteiger partial charge in [-0.05, 0) is 55.0 Å². The van der Waals surface area contributed by atoms with Crippen LogP contribution in [0.3, 0.4) is 0 Å². The summed E-state index contributed by atoms with van der Waals surface area (Å²) in [4.78, 5) is 25.4. The summed E-state index contributed by atoms with van der Waals surface area (Å²) in [5, 5.41) is 2.88. The van der Waals surface area contributed by atoms with E-state index in [9.17, 15) is 9.59 Å². The highest BCUT2D eigenvalue weighted by molar-refractivity contribution is 9.10. The van der Waals surface area contributed by atoms with Gasteiger partial charge in [0.25, 0.3) is 0 Å². The van der Waals surface area contributed by atoms with Crippen molar-refractivity contribution in [2.45, 2.75) is 13.3 Å². The zero-order valence-corrected chi connectivity index (χ0v) is 16.4. The van der Waals surface area contributed by atoms with Crippen molar-refractivity contribution in [3.8, 4) is 5.75 Å². The molecule has 3 N–H and O–H groups in total. The first-order valence-electron chi connectivity index (χ1n) is 8.12. The summed E-state index contributed by atoms with van der Waals surface area (Å²) in [5.41, 5.74) is 7.83. The molecule has 2 aromatic carbocycles. The average Bonchev–Trinajstić information content (AvgIpc) is 2.61. The maximum atomic E-state index is 12.5. The molecule has 0 atom stereocenters. The van der Waals surface area contributed by atoms with Gasteiger partial charge in [-0.1, -0.05) is 15.9 Å². The molecule has 0 heterocycles. The van der Waals surface area contributed by atoms with Gasteiger partial charge in [0.1, 0.15) is 5.75 Å². The lowest BCUT2D eigenvalue weighted by Gasteiger charge is -2.24. The molecule has 2 amide bonds. The summed E-state index contributed by atoms with van der Waals surface area (Å²) in [6.45, 7) is 2.42. The number of benzene rings is 2. The molecule has 0 aromatic heterocycles. The molecule has 7 heteroatoms. The summed E-state index contributed by atoms with van der Waals surface area (Å²) in [6, 6.07) is 12.9. The number of rotatable bonds is 8. The van der Waals surface area contributed by atoms with Crippen LogP contribution in [0.5, 0.6) is 5.75 Å². The minimum absolute atomic E-state index is 0.106. The molecule has 0 bridgehead atoms. The van der Waals surface area contributed by atoms with Crippen molar-refractivity contribution in [2.75, 3.05) is 30.4 Å². The fraction of sp³-hybridized carbons (Fsp3) is 0.263. The van der Waals surface area contributed by atoms with Crippen LogP contribution < -0.4 is 20.7 Å². The van der Waals surface area contributed by atoms with E-state index in [0.29, 0.717) is 6.54 Å². The van der Waals surface area contributed by atoms with Crippen LogP contribution in [0.2, 0.25) is 0 Å². The van der Waals surface area contributed by atoms with Crippen molar-refractivity contribution < 1.29 is 14.3 Å². The Morgan fingerprint density at radius 1 is 1.19 bits per heavy atom. The lowest BCUT2D eigenvalue weighted by molar-refractivity contribution is -0.118. The first kappa shape index (κ1) is 19.8. The Bertz CT molecular complexity index is 778. The van der Waals surface area contributed by atoms with Crippen LogP contribution in [0.1, 0.15) is 12.0 Å². The highest BCUT2D eigenvalue weighted by Crippen LogP contribution is 2.21. The first-order chi connectivity index (χ1) is 12.4. The molecule has 6 nitrogen and oxygen atoms in total. The number of nitrogens with two attached hydrogens (primary N) is 1. The number of ether oxygens (including phenoxy) is 1. The second-order valence-electron chi connectivity index (χ2n) is 5.85. The number of carbonyl (C=O) groups excluding carboxylic acids is 2. The third-order valence-corrected chi connectivity index (χ3v) is 4.73. The smallest absolute Gasteiger partial charge is 0.243 e. The predicted molar refractivity (Wildman–Crippen MR) is 107 cm³/mol. The lowest BCUT2D eigenvalue weighted by atomic mass is 10.2. The zero-order valence-electron chi connectivity index (χ0n) is 14.8. The monoisotopic (exact) mass is 419 g/mol. The van der Waals surface area contributed by atoms with E-state index >= 15 is 0 Å². The van der Waals surface area contributed by atoms with Crippen LogP contribution in [-0.4, -0.2) is 32.0 Å². The third kappa shape index (κ3) is 5.77. The summed E-state index contributed by atoms with van der Waals surface area (Å²) in [7, 11) is 1.59. The van der Waals surface area contributed by atoms with Gasteiger partial charge < -0.3 is 20.7 Å². The van der Waals surface area contributed by atoms with Gasteiger partial charge in [-0.15, -0.1) is 0 Å². The number of anilines is 2. The van der Waals surface area contributed by atoms with Gasteiger partial charge in [0, 0.05) is 28.8 Å². The number of aryl methyl sites for hydroxylation is 1. The summed E-state index contributed by atoms with van der Waals surface area (Å²) in [5.74, 6) is 0.137. The summed E-state index contributed by atoms with van der Waals surface area (Å²) < 4.78 is 6.14. The number of nitrogens with zero attached hydrogens (tertiary/aromatic N) is 1. The van der Waals surface area contributed by atoms with Gasteiger partial charge in [-0.3, -0.25) is 9.59 Å². The molecular weight excluding hydrogens is 398 g/mol. The Morgan fingerprint density at radius 2 is 1.88 bits per heavy atom. The Hall–Kier alpha value is -2.54. The SMILES string of the molecule is COc1ccc(N(CCC(N)=O)CC(=O)Nc2ccc(Br)c(C)c2)cc1. The van der Waals surface area contributed by atoms with Crippen molar-refractivity contribution in [1.29, 1.82) is 0 Å². The molecule has 138 valence electrons. The number of hydrogen-bond donors (Lipinski definition) is 2. The van der Waals surface area contributed by atoms with Crippen LogP contribution in [-0.2, 0) is 9.59 Å². The minimum Gasteiger partial charge on any atom is -0.497 e. The van der Waals surface area contributed by atoms with Crippen molar-refractivity contribution in [3.05, 3.63) is 52.5 Å². The molecule has 0 saturated carbocycles. The fourth-order valence-electron chi connectivity index (χ4n) is 2.43. The largest absolute Gasteiger partial charge is 0.497 e. The van der Waals surface area contributed by atoms with Crippen LogP contribution in [0, 0.1) is 6.92 Å². The highest BCUT2D eigenvalue weighted by Gasteiger charge is 2.13. The number of primary amides is 1. The molecule has 0 aliphatic carbocycles. The second kappa shape index (κ2) is 9.24. The number of nitrogens with one attached hydrogen (secondary N) is 1. The minimum atomic E-state index is -0.410. The van der Waals surface area contributed by atoms with Crippen molar-refractivity contribution in [1.82, 2.24) is 0 Å². The third-order valence-electron chi connectivity index (χ3n) is 3.84. The van der Waals surface area contributed by atoms with Crippen molar-refractivity contribution in [2.24, 2.45) is 5.73 Å². The van der Waals surface area contributed by atoms with E-state index in [0.717, 1.165) is 27.2 Å². The zero-order chi connectivity index (χ0) is 19.1. The van der Waals surface area contributed by atoms with Crippen molar-refractivity contribution >= 4 is 39.1 Å². The van der Waals surface area contributed by atoms with E-state index in [1.807, 2.05) is 54.3 Å². The molecule has 0 saturated heterocycles. The molecule has 0 aliphatic heterocycles. The molecule has 2 rings (SSSR count). The maximum absolute atomic E-state index is 12.5. The van der Waals surface area contributed by atoms with Gasteiger partial charge in [0.2, 0.25) is 11.8 Å². The van der Waals surface area contributed by atoms with E-state index in [4.69, 9.17) is 10.5 Å². The van der Waals surface area contributed by atoms with E-state index < -0.39 is 5.91 Å². The number of methoxy groups -OCH3 is 1. The Labute approximate surface area is 161 Å². The van der Waals surface area contributed by atoms with E-state index in [1.54, 1.807) is 7.11 Å². The van der Waals surface area contributed by atoms with E-state index in [1.165, 1.54) is 0 Å². The topological polar surface area (TPSA) is 84.7 Å². The van der Waals surface area contributed by atoms with Crippen LogP contribution in [0.4, 0.5) is 11.4 Å². The first-order valence-corrected chi connectivity index (χ1v) is 8.91. The molecule has 2 aromatic rings. The predicted octanol–water partition coefficient (Wildman–Crippen LogP) is 3.09. The number of carbonyl (C=O) groups is 2. The maximum Gasteiger partial charge on any atom is 0.243 e. The molecule has 0 radical (unpaired) electrons. The summed E-state index contributed by atoms with van der Waals surface area (Å²) >= 11 is 3.44. The van der Waals surface area contributed by atoms with Gasteiger partial charge in [0.15, 0.2) is 0 Å². The average molecular weight is 420 g/mol. The molecule has 0 unspecified atom stereocenters. The van der Waals surface area contributed by atoms with E-state index in [2.05, 4.69) is 21.2 Å². The normalized spacial score (nSPS) is 10.3. The molecule has 0 aliphatic rings. The number of halogens is 1. The van der Waals surface area contributed by atoms with E-state index in [-0.39, 0.29) is 18.9 Å². The van der Waals surface area contributed by atoms with Gasteiger partial charge in [-0.2, -0.15) is 0 Å². The summed E-state index contributed by atoms with van der Waals surface area (Å²) in [6.07, 6.45) is 0.163. The molecular formula is C19H22BrN3O3. The van der Waals surface area contributed by atoms with Crippen LogP contribution in [0.25, 0.3) is 0 Å². The van der Waals surface area contributed by atoms with Crippen molar-refractivity contribution in [3.63, 3.8) is 0 Å². The molecule has 0 spiro atoms. The standard InChI is InChI=1S/C19H22BrN3O3/c1-13-11-14(3-8-17(13)20)22-19(25)12-23(10-9-18(21)24)15-4-6-16(26-2)7-5-15/h3-8,11H,9-10,12H2,1-2H3,(H2,21,24)(H,22,25). The highest BCUT2D eigenvalue weighted by atomic mass is 79.9. The quantitative estimate of drug-likeness (QED) is 0.688. The van der Waals surface area contributed by atoms with Crippen LogP contribution >= 0.6 is 15.9 Å². The Balaban J connectivity index is 2.09. The molecule has 26 heavy (non-hydrogen) atoms. The Kier molecular flexibility index (Phi) is 7.03. The van der Waals surface area contributed by atoms with Gasteiger partial charge >= 0.3 is 0 Å².